The standard InChI is InChI=1S/C14H12BrFN2S/c1-9-7-11(16)5-6-13(9)18-14(19)17-12-4-2-3-10(15)8-12/h2-8H,1H3,(H2,17,18,19). The molecule has 0 saturated carbocycles. The van der Waals surface area contributed by atoms with E-state index < -0.39 is 0 Å². The van der Waals surface area contributed by atoms with E-state index in [1.165, 1.54) is 12.1 Å². The first-order valence-corrected chi connectivity index (χ1v) is 6.84. The van der Waals surface area contributed by atoms with Gasteiger partial charge < -0.3 is 10.6 Å². The van der Waals surface area contributed by atoms with Crippen molar-refractivity contribution in [2.24, 2.45) is 0 Å². The minimum atomic E-state index is -0.256. The summed E-state index contributed by atoms with van der Waals surface area (Å²) in [5.41, 5.74) is 2.47. The lowest BCUT2D eigenvalue weighted by atomic mass is 10.2. The molecule has 0 saturated heterocycles. The van der Waals surface area contributed by atoms with E-state index >= 15 is 0 Å². The molecule has 0 unspecified atom stereocenters. The van der Waals surface area contributed by atoms with Gasteiger partial charge in [0.1, 0.15) is 5.82 Å². The Morgan fingerprint density at radius 1 is 1.16 bits per heavy atom. The highest BCUT2D eigenvalue weighted by Crippen LogP contribution is 2.18. The first-order valence-electron chi connectivity index (χ1n) is 5.64. The monoisotopic (exact) mass is 338 g/mol. The second-order valence-electron chi connectivity index (χ2n) is 4.05. The molecule has 0 radical (unpaired) electrons. The number of nitrogens with one attached hydrogen (secondary N) is 2. The highest BCUT2D eigenvalue weighted by atomic mass is 79.9. The average Bonchev–Trinajstić information content (AvgIpc) is 2.33. The summed E-state index contributed by atoms with van der Waals surface area (Å²) in [6.45, 7) is 1.83. The maximum Gasteiger partial charge on any atom is 0.175 e. The highest BCUT2D eigenvalue weighted by molar-refractivity contribution is 9.10. The smallest absolute Gasteiger partial charge is 0.175 e. The van der Waals surface area contributed by atoms with Gasteiger partial charge in [0.25, 0.3) is 0 Å². The summed E-state index contributed by atoms with van der Waals surface area (Å²) in [7, 11) is 0. The Kier molecular flexibility index (Phi) is 4.50. The predicted molar refractivity (Wildman–Crippen MR) is 85.1 cm³/mol. The van der Waals surface area contributed by atoms with Gasteiger partial charge >= 0.3 is 0 Å². The van der Waals surface area contributed by atoms with Gasteiger partial charge in [-0.1, -0.05) is 22.0 Å². The Balaban J connectivity index is 2.05. The Labute approximate surface area is 125 Å². The molecule has 2 rings (SSSR count). The van der Waals surface area contributed by atoms with Crippen LogP contribution in [-0.4, -0.2) is 5.11 Å². The van der Waals surface area contributed by atoms with Crippen molar-refractivity contribution < 1.29 is 4.39 Å². The summed E-state index contributed by atoms with van der Waals surface area (Å²) < 4.78 is 14.0. The van der Waals surface area contributed by atoms with E-state index in [9.17, 15) is 4.39 Å². The van der Waals surface area contributed by atoms with Crippen molar-refractivity contribution >= 4 is 44.6 Å². The Bertz CT molecular complexity index is 616. The summed E-state index contributed by atoms with van der Waals surface area (Å²) >= 11 is 8.62. The summed E-state index contributed by atoms with van der Waals surface area (Å²) in [6, 6.07) is 12.2. The molecule has 0 aliphatic carbocycles. The number of hydrogen-bond acceptors (Lipinski definition) is 1. The van der Waals surface area contributed by atoms with Crippen molar-refractivity contribution in [3.63, 3.8) is 0 Å². The number of hydrogen-bond donors (Lipinski definition) is 2. The quantitative estimate of drug-likeness (QED) is 0.775. The molecule has 19 heavy (non-hydrogen) atoms. The third-order valence-electron chi connectivity index (χ3n) is 2.52. The molecular formula is C14H12BrFN2S. The summed E-state index contributed by atoms with van der Waals surface area (Å²) in [5, 5.41) is 6.58. The number of aryl methyl sites for hydroxylation is 1. The molecule has 0 heterocycles. The molecule has 98 valence electrons. The van der Waals surface area contributed by atoms with Crippen molar-refractivity contribution in [1.82, 2.24) is 0 Å². The predicted octanol–water partition coefficient (Wildman–Crippen LogP) is 4.71. The first kappa shape index (κ1) is 14.0. The summed E-state index contributed by atoms with van der Waals surface area (Å²) in [4.78, 5) is 0. The van der Waals surface area contributed by atoms with Crippen LogP contribution in [0.15, 0.2) is 46.9 Å². The van der Waals surface area contributed by atoms with Crippen LogP contribution in [0.4, 0.5) is 15.8 Å². The van der Waals surface area contributed by atoms with E-state index in [0.717, 1.165) is 21.4 Å². The Morgan fingerprint density at radius 3 is 2.63 bits per heavy atom. The van der Waals surface area contributed by atoms with Gasteiger partial charge in [-0.05, 0) is 61.1 Å². The lowest BCUT2D eigenvalue weighted by molar-refractivity contribution is 0.627. The molecule has 0 amide bonds. The fraction of sp³-hybridized carbons (Fsp3) is 0.0714. The second-order valence-corrected chi connectivity index (χ2v) is 5.37. The fourth-order valence-electron chi connectivity index (χ4n) is 1.62. The van der Waals surface area contributed by atoms with E-state index in [-0.39, 0.29) is 5.82 Å². The molecule has 0 bridgehead atoms. The highest BCUT2D eigenvalue weighted by Gasteiger charge is 2.03. The van der Waals surface area contributed by atoms with Gasteiger partial charge in [-0.15, -0.1) is 0 Å². The van der Waals surface area contributed by atoms with Gasteiger partial charge in [-0.3, -0.25) is 0 Å². The van der Waals surface area contributed by atoms with Crippen LogP contribution >= 0.6 is 28.1 Å². The number of thiocarbonyl (C=S) groups is 1. The second kappa shape index (κ2) is 6.12. The summed E-state index contributed by atoms with van der Waals surface area (Å²) in [5.74, 6) is -0.256. The van der Waals surface area contributed by atoms with Crippen molar-refractivity contribution in [2.45, 2.75) is 6.92 Å². The van der Waals surface area contributed by atoms with Gasteiger partial charge in [-0.2, -0.15) is 0 Å². The van der Waals surface area contributed by atoms with Crippen LogP contribution in [-0.2, 0) is 0 Å². The maximum atomic E-state index is 13.0. The maximum absolute atomic E-state index is 13.0. The van der Waals surface area contributed by atoms with Crippen LogP contribution in [0, 0.1) is 12.7 Å². The minimum absolute atomic E-state index is 0.256. The van der Waals surface area contributed by atoms with Crippen molar-refractivity contribution in [2.75, 3.05) is 10.6 Å². The van der Waals surface area contributed by atoms with E-state index in [1.54, 1.807) is 6.07 Å². The molecule has 0 aromatic heterocycles. The molecular weight excluding hydrogens is 327 g/mol. The first-order chi connectivity index (χ1) is 9.04. The molecule has 0 fully saturated rings. The number of anilines is 2. The lowest BCUT2D eigenvalue weighted by Crippen LogP contribution is -2.19. The number of rotatable bonds is 2. The van der Waals surface area contributed by atoms with Gasteiger partial charge in [0, 0.05) is 15.8 Å². The van der Waals surface area contributed by atoms with E-state index in [0.29, 0.717) is 5.11 Å². The number of halogens is 2. The normalized spacial score (nSPS) is 10.1. The molecule has 0 atom stereocenters. The van der Waals surface area contributed by atoms with Crippen LogP contribution in [0.25, 0.3) is 0 Å². The van der Waals surface area contributed by atoms with Crippen LogP contribution in [0.1, 0.15) is 5.56 Å². The van der Waals surface area contributed by atoms with Crippen molar-refractivity contribution in [3.8, 4) is 0 Å². The molecule has 2 aromatic rings. The SMILES string of the molecule is Cc1cc(F)ccc1NC(=S)Nc1cccc(Br)c1. The fourth-order valence-corrected chi connectivity index (χ4v) is 2.25. The van der Waals surface area contributed by atoms with Crippen molar-refractivity contribution in [1.29, 1.82) is 0 Å². The molecule has 0 aliphatic rings. The minimum Gasteiger partial charge on any atom is -0.332 e. The van der Waals surface area contributed by atoms with Gasteiger partial charge in [0.15, 0.2) is 5.11 Å². The van der Waals surface area contributed by atoms with Gasteiger partial charge in [0.05, 0.1) is 0 Å². The average molecular weight is 339 g/mol. The van der Waals surface area contributed by atoms with Crippen LogP contribution < -0.4 is 10.6 Å². The van der Waals surface area contributed by atoms with Crippen LogP contribution in [0.3, 0.4) is 0 Å². The molecule has 2 N–H and O–H groups in total. The van der Waals surface area contributed by atoms with E-state index in [1.807, 2.05) is 31.2 Å². The molecule has 0 spiro atoms. The third kappa shape index (κ3) is 4.01. The lowest BCUT2D eigenvalue weighted by Gasteiger charge is -2.12. The zero-order chi connectivity index (χ0) is 13.8. The molecule has 2 aromatic carbocycles. The van der Waals surface area contributed by atoms with Crippen LogP contribution in [0.5, 0.6) is 0 Å². The molecule has 5 heteroatoms. The van der Waals surface area contributed by atoms with E-state index in [2.05, 4.69) is 26.6 Å². The largest absolute Gasteiger partial charge is 0.332 e. The van der Waals surface area contributed by atoms with Crippen LogP contribution in [0.2, 0.25) is 0 Å². The zero-order valence-electron chi connectivity index (χ0n) is 10.2. The summed E-state index contributed by atoms with van der Waals surface area (Å²) in [6.07, 6.45) is 0. The number of benzene rings is 2. The Morgan fingerprint density at radius 2 is 1.95 bits per heavy atom. The molecule has 0 aliphatic heterocycles. The zero-order valence-corrected chi connectivity index (χ0v) is 12.6. The van der Waals surface area contributed by atoms with E-state index in [4.69, 9.17) is 12.2 Å². The van der Waals surface area contributed by atoms with Gasteiger partial charge in [0.2, 0.25) is 0 Å². The third-order valence-corrected chi connectivity index (χ3v) is 3.22. The molecule has 2 nitrogen and oxygen atoms in total. The topological polar surface area (TPSA) is 24.1 Å². The van der Waals surface area contributed by atoms with Crippen molar-refractivity contribution in [3.05, 3.63) is 58.3 Å². The van der Waals surface area contributed by atoms with Gasteiger partial charge in [-0.25, -0.2) is 4.39 Å². The Hall–Kier alpha value is -1.46.